The first kappa shape index (κ1) is 18.8. The molecule has 2 heterocycles. The van der Waals surface area contributed by atoms with Gasteiger partial charge in [-0.25, -0.2) is 4.98 Å². The standard InChI is InChI=1S/C21H21N3O2S/c1-16-23-19(15-27-16)14-26-20-9-4-3-7-17(20)10-11-21(25)24(2)13-18-8-5-6-12-22-18/h3-12,15H,13-14H2,1-2H3/b11-10+. The SMILES string of the molecule is Cc1nc(COc2ccccc2/C=C/C(=O)N(C)Cc2ccccn2)cs1. The molecule has 5 nitrogen and oxygen atoms in total. The molecule has 3 rings (SSSR count). The highest BCUT2D eigenvalue weighted by Crippen LogP contribution is 2.21. The first-order chi connectivity index (χ1) is 13.1. The molecule has 0 N–H and O–H groups in total. The van der Waals surface area contributed by atoms with Crippen molar-refractivity contribution in [3.05, 3.63) is 82.1 Å². The quantitative estimate of drug-likeness (QED) is 0.580. The van der Waals surface area contributed by atoms with Gasteiger partial charge in [0.2, 0.25) is 5.91 Å². The molecule has 0 radical (unpaired) electrons. The maximum Gasteiger partial charge on any atom is 0.246 e. The van der Waals surface area contributed by atoms with Crippen molar-refractivity contribution in [1.29, 1.82) is 0 Å². The lowest BCUT2D eigenvalue weighted by atomic mass is 10.2. The van der Waals surface area contributed by atoms with Crippen LogP contribution >= 0.6 is 11.3 Å². The normalized spacial score (nSPS) is 10.9. The Hall–Kier alpha value is -2.99. The Labute approximate surface area is 163 Å². The van der Waals surface area contributed by atoms with Gasteiger partial charge in [-0.05, 0) is 31.2 Å². The third-order valence-electron chi connectivity index (χ3n) is 3.87. The minimum atomic E-state index is -0.0921. The molecule has 0 saturated heterocycles. The van der Waals surface area contributed by atoms with Gasteiger partial charge in [0.25, 0.3) is 0 Å². The first-order valence-electron chi connectivity index (χ1n) is 8.58. The van der Waals surface area contributed by atoms with Gasteiger partial charge < -0.3 is 9.64 Å². The lowest BCUT2D eigenvalue weighted by Gasteiger charge is -2.14. The summed E-state index contributed by atoms with van der Waals surface area (Å²) in [5.41, 5.74) is 2.61. The number of aryl methyl sites for hydroxylation is 1. The van der Waals surface area contributed by atoms with Crippen LogP contribution in [0.5, 0.6) is 5.75 Å². The molecule has 0 spiro atoms. The minimum Gasteiger partial charge on any atom is -0.487 e. The van der Waals surface area contributed by atoms with E-state index in [0.717, 1.165) is 27.7 Å². The largest absolute Gasteiger partial charge is 0.487 e. The topological polar surface area (TPSA) is 55.3 Å². The van der Waals surface area contributed by atoms with E-state index < -0.39 is 0 Å². The van der Waals surface area contributed by atoms with Gasteiger partial charge in [0.1, 0.15) is 12.4 Å². The summed E-state index contributed by atoms with van der Waals surface area (Å²) in [5.74, 6) is 0.630. The van der Waals surface area contributed by atoms with Gasteiger partial charge in [0, 0.05) is 30.3 Å². The van der Waals surface area contributed by atoms with Crippen LogP contribution in [0.1, 0.15) is 22.0 Å². The number of carbonyl (C=O) groups excluding carboxylic acids is 1. The van der Waals surface area contributed by atoms with E-state index >= 15 is 0 Å². The molecule has 138 valence electrons. The van der Waals surface area contributed by atoms with E-state index in [2.05, 4.69) is 9.97 Å². The zero-order valence-corrected chi connectivity index (χ0v) is 16.1. The van der Waals surface area contributed by atoms with E-state index in [4.69, 9.17) is 4.74 Å². The number of hydrogen-bond acceptors (Lipinski definition) is 5. The summed E-state index contributed by atoms with van der Waals surface area (Å²) in [6.45, 7) is 2.84. The van der Waals surface area contributed by atoms with Crippen LogP contribution in [0.3, 0.4) is 0 Å². The number of carbonyl (C=O) groups is 1. The second-order valence-corrected chi connectivity index (χ2v) is 7.10. The molecule has 2 aromatic heterocycles. The number of likely N-dealkylation sites (N-methyl/N-ethyl adjacent to an activating group) is 1. The second-order valence-electron chi connectivity index (χ2n) is 6.03. The molecule has 0 aliphatic rings. The highest BCUT2D eigenvalue weighted by molar-refractivity contribution is 7.09. The van der Waals surface area contributed by atoms with Gasteiger partial charge in [-0.3, -0.25) is 9.78 Å². The Balaban J connectivity index is 1.63. The molecular weight excluding hydrogens is 358 g/mol. The van der Waals surface area contributed by atoms with Crippen molar-refractivity contribution >= 4 is 23.3 Å². The number of benzene rings is 1. The van der Waals surface area contributed by atoms with Gasteiger partial charge in [-0.2, -0.15) is 0 Å². The third-order valence-corrected chi connectivity index (χ3v) is 4.69. The average molecular weight is 379 g/mol. The van der Waals surface area contributed by atoms with E-state index in [-0.39, 0.29) is 5.91 Å². The van der Waals surface area contributed by atoms with E-state index in [1.165, 1.54) is 0 Å². The van der Waals surface area contributed by atoms with Gasteiger partial charge in [0.15, 0.2) is 0 Å². The summed E-state index contributed by atoms with van der Waals surface area (Å²) in [6.07, 6.45) is 5.05. The number of amides is 1. The Bertz CT molecular complexity index is 922. The predicted molar refractivity (Wildman–Crippen MR) is 107 cm³/mol. The zero-order chi connectivity index (χ0) is 19.1. The van der Waals surface area contributed by atoms with Crippen molar-refractivity contribution in [3.8, 4) is 5.75 Å². The Morgan fingerprint density at radius 3 is 2.74 bits per heavy atom. The number of ether oxygens (including phenoxy) is 1. The maximum atomic E-state index is 12.4. The van der Waals surface area contributed by atoms with Crippen LogP contribution in [0.15, 0.2) is 60.1 Å². The predicted octanol–water partition coefficient (Wildman–Crippen LogP) is 4.10. The molecular formula is C21H21N3O2S. The first-order valence-corrected chi connectivity index (χ1v) is 9.45. The van der Waals surface area contributed by atoms with E-state index in [0.29, 0.717) is 13.2 Å². The molecule has 0 bridgehead atoms. The van der Waals surface area contributed by atoms with Crippen LogP contribution in [0.25, 0.3) is 6.08 Å². The zero-order valence-electron chi connectivity index (χ0n) is 15.3. The van der Waals surface area contributed by atoms with Crippen molar-refractivity contribution in [3.63, 3.8) is 0 Å². The van der Waals surface area contributed by atoms with Crippen LogP contribution < -0.4 is 4.74 Å². The summed E-state index contributed by atoms with van der Waals surface area (Å²) in [5, 5.41) is 3.01. The van der Waals surface area contributed by atoms with E-state index in [1.54, 1.807) is 41.6 Å². The molecule has 6 heteroatoms. The number of para-hydroxylation sites is 1. The third kappa shape index (κ3) is 5.49. The molecule has 0 aliphatic carbocycles. The smallest absolute Gasteiger partial charge is 0.246 e. The fourth-order valence-electron chi connectivity index (χ4n) is 2.48. The van der Waals surface area contributed by atoms with E-state index in [9.17, 15) is 4.79 Å². The van der Waals surface area contributed by atoms with Gasteiger partial charge in [-0.1, -0.05) is 24.3 Å². The van der Waals surface area contributed by atoms with Crippen LogP contribution in [-0.4, -0.2) is 27.8 Å². The van der Waals surface area contributed by atoms with Crippen LogP contribution in [0.4, 0.5) is 0 Å². The molecule has 0 aliphatic heterocycles. The molecule has 0 saturated carbocycles. The lowest BCUT2D eigenvalue weighted by Crippen LogP contribution is -2.24. The van der Waals surface area contributed by atoms with Crippen LogP contribution in [0, 0.1) is 6.92 Å². The van der Waals surface area contributed by atoms with Crippen LogP contribution in [0.2, 0.25) is 0 Å². The maximum absolute atomic E-state index is 12.4. The highest BCUT2D eigenvalue weighted by Gasteiger charge is 2.08. The molecule has 0 atom stereocenters. The fourth-order valence-corrected chi connectivity index (χ4v) is 3.07. The minimum absolute atomic E-state index is 0.0921. The van der Waals surface area contributed by atoms with Crippen molar-refractivity contribution in [1.82, 2.24) is 14.9 Å². The Kier molecular flexibility index (Phi) is 6.33. The lowest BCUT2D eigenvalue weighted by molar-refractivity contribution is -0.125. The number of hydrogen-bond donors (Lipinski definition) is 0. The van der Waals surface area contributed by atoms with Crippen LogP contribution in [-0.2, 0) is 17.9 Å². The summed E-state index contributed by atoms with van der Waals surface area (Å²) >= 11 is 1.60. The summed E-state index contributed by atoms with van der Waals surface area (Å²) in [4.78, 5) is 22.6. The number of thiazole rings is 1. The molecule has 3 aromatic rings. The van der Waals surface area contributed by atoms with Crippen molar-refractivity contribution in [2.75, 3.05) is 7.05 Å². The number of aromatic nitrogens is 2. The second kappa shape index (κ2) is 9.09. The average Bonchev–Trinajstić information content (AvgIpc) is 3.11. The van der Waals surface area contributed by atoms with Gasteiger partial charge >= 0.3 is 0 Å². The molecule has 1 amide bonds. The number of rotatable bonds is 7. The fraction of sp³-hybridized carbons (Fsp3) is 0.190. The van der Waals surface area contributed by atoms with Gasteiger partial charge in [-0.15, -0.1) is 11.3 Å². The molecule has 27 heavy (non-hydrogen) atoms. The van der Waals surface area contributed by atoms with Gasteiger partial charge in [0.05, 0.1) is 22.9 Å². The molecule has 1 aromatic carbocycles. The van der Waals surface area contributed by atoms with E-state index in [1.807, 2.05) is 54.8 Å². The van der Waals surface area contributed by atoms with Crippen molar-refractivity contribution < 1.29 is 9.53 Å². The van der Waals surface area contributed by atoms with Crippen molar-refractivity contribution in [2.45, 2.75) is 20.1 Å². The molecule has 0 unspecified atom stereocenters. The summed E-state index contributed by atoms with van der Waals surface area (Å²) in [6, 6.07) is 13.3. The number of nitrogens with zero attached hydrogens (tertiary/aromatic N) is 3. The summed E-state index contributed by atoms with van der Waals surface area (Å²) < 4.78 is 5.88. The molecule has 0 fully saturated rings. The summed E-state index contributed by atoms with van der Waals surface area (Å²) in [7, 11) is 1.76. The monoisotopic (exact) mass is 379 g/mol. The number of pyridine rings is 1. The van der Waals surface area contributed by atoms with Crippen molar-refractivity contribution in [2.24, 2.45) is 0 Å². The Morgan fingerprint density at radius 1 is 1.19 bits per heavy atom. The Morgan fingerprint density at radius 2 is 2.00 bits per heavy atom. The highest BCUT2D eigenvalue weighted by atomic mass is 32.1.